The number of aromatic nitrogens is 2. The number of benzene rings is 1. The molecule has 0 aliphatic carbocycles. The summed E-state index contributed by atoms with van der Waals surface area (Å²) in [6.07, 6.45) is 1.74. The Hall–Kier alpha value is -1.84. The van der Waals surface area contributed by atoms with Gasteiger partial charge in [0, 0.05) is 6.42 Å². The fourth-order valence-corrected chi connectivity index (χ4v) is 3.85. The number of hydrogen-bond donors (Lipinski definition) is 2. The van der Waals surface area contributed by atoms with E-state index in [0.29, 0.717) is 5.13 Å². The Morgan fingerprint density at radius 3 is 2.61 bits per heavy atom. The number of nitrogens with one attached hydrogen (secondary N) is 2. The maximum Gasteiger partial charge on any atom is 0.244 e. The van der Waals surface area contributed by atoms with Crippen LogP contribution in [-0.2, 0) is 21.2 Å². The molecule has 124 valence electrons. The topological polar surface area (TPSA) is 101 Å². The van der Waals surface area contributed by atoms with Crippen LogP contribution in [0.4, 0.5) is 5.13 Å². The number of nitrogens with zero attached hydrogens (tertiary/aromatic N) is 2. The van der Waals surface area contributed by atoms with Crippen molar-refractivity contribution in [2.45, 2.75) is 37.6 Å². The Morgan fingerprint density at radius 2 is 1.96 bits per heavy atom. The van der Waals surface area contributed by atoms with Gasteiger partial charge in [-0.3, -0.25) is 10.1 Å². The van der Waals surface area contributed by atoms with Crippen molar-refractivity contribution >= 4 is 32.4 Å². The average Bonchev–Trinajstić information content (AvgIpc) is 2.95. The minimum absolute atomic E-state index is 0.112. The third-order valence-corrected chi connectivity index (χ3v) is 5.39. The van der Waals surface area contributed by atoms with Gasteiger partial charge in [-0.15, -0.1) is 10.2 Å². The van der Waals surface area contributed by atoms with Gasteiger partial charge in [0.25, 0.3) is 0 Å². The minimum atomic E-state index is -3.74. The summed E-state index contributed by atoms with van der Waals surface area (Å²) in [5, 5.41) is 11.6. The third-order valence-electron chi connectivity index (χ3n) is 2.94. The maximum absolute atomic E-state index is 12.2. The number of carbonyl (C=O) groups is 1. The summed E-state index contributed by atoms with van der Waals surface area (Å²) >= 11 is 1.29. The molecule has 0 saturated heterocycles. The van der Waals surface area contributed by atoms with Crippen LogP contribution >= 0.6 is 11.3 Å². The molecule has 7 nitrogen and oxygen atoms in total. The van der Waals surface area contributed by atoms with E-state index in [-0.39, 0.29) is 4.90 Å². The molecule has 0 radical (unpaired) electrons. The van der Waals surface area contributed by atoms with Crippen molar-refractivity contribution < 1.29 is 13.2 Å². The first-order valence-corrected chi connectivity index (χ1v) is 9.43. The molecule has 2 rings (SSSR count). The van der Waals surface area contributed by atoms with E-state index < -0.39 is 22.0 Å². The molecular weight excluding hydrogens is 336 g/mol. The molecule has 0 unspecified atom stereocenters. The number of sulfonamides is 1. The van der Waals surface area contributed by atoms with Crippen LogP contribution in [0.5, 0.6) is 0 Å². The molecule has 1 aromatic carbocycles. The molecular formula is C14H18N4O3S2. The number of hydrogen-bond acceptors (Lipinski definition) is 6. The molecule has 1 heterocycles. The van der Waals surface area contributed by atoms with Crippen LogP contribution in [0.2, 0.25) is 0 Å². The molecule has 0 bridgehead atoms. The molecule has 0 saturated carbocycles. The second-order valence-electron chi connectivity index (χ2n) is 4.90. The van der Waals surface area contributed by atoms with E-state index in [4.69, 9.17) is 0 Å². The molecule has 0 fully saturated rings. The summed E-state index contributed by atoms with van der Waals surface area (Å²) in [4.78, 5) is 12.2. The summed E-state index contributed by atoms with van der Waals surface area (Å²) in [7, 11) is -3.74. The standard InChI is InChI=1S/C14H18N4O3S2/c1-3-7-12-16-17-14(22-12)15-13(19)10(2)18-23(20,21)11-8-5-4-6-9-11/h4-6,8-10,18H,3,7H2,1-2H3,(H,15,17,19)/t10-/m0/s1. The smallest absolute Gasteiger partial charge is 0.244 e. The summed E-state index contributed by atoms with van der Waals surface area (Å²) in [6, 6.07) is 6.96. The molecule has 2 aromatic rings. The zero-order chi connectivity index (χ0) is 16.9. The van der Waals surface area contributed by atoms with Crippen molar-refractivity contribution in [3.05, 3.63) is 35.3 Å². The van der Waals surface area contributed by atoms with E-state index >= 15 is 0 Å². The Balaban J connectivity index is 1.99. The molecule has 0 aliphatic heterocycles. The fraction of sp³-hybridized carbons (Fsp3) is 0.357. The van der Waals surface area contributed by atoms with Gasteiger partial charge in [0.1, 0.15) is 5.01 Å². The molecule has 1 aromatic heterocycles. The summed E-state index contributed by atoms with van der Waals surface area (Å²) in [6.45, 7) is 3.50. The van der Waals surface area contributed by atoms with Gasteiger partial charge in [0.2, 0.25) is 21.1 Å². The highest BCUT2D eigenvalue weighted by Crippen LogP contribution is 2.17. The quantitative estimate of drug-likeness (QED) is 0.789. The Morgan fingerprint density at radius 1 is 1.26 bits per heavy atom. The number of aryl methyl sites for hydroxylation is 1. The van der Waals surface area contributed by atoms with E-state index in [1.807, 2.05) is 6.92 Å². The lowest BCUT2D eigenvalue weighted by Crippen LogP contribution is -2.41. The van der Waals surface area contributed by atoms with Crippen LogP contribution in [0.3, 0.4) is 0 Å². The zero-order valence-corrected chi connectivity index (χ0v) is 14.4. The lowest BCUT2D eigenvalue weighted by molar-refractivity contribution is -0.117. The monoisotopic (exact) mass is 354 g/mol. The molecule has 1 amide bonds. The first-order chi connectivity index (χ1) is 10.9. The first kappa shape index (κ1) is 17.5. The summed E-state index contributed by atoms with van der Waals surface area (Å²) < 4.78 is 26.7. The maximum atomic E-state index is 12.2. The van der Waals surface area contributed by atoms with E-state index in [9.17, 15) is 13.2 Å². The predicted octanol–water partition coefficient (Wildman–Crippen LogP) is 1.80. The van der Waals surface area contributed by atoms with Crippen LogP contribution in [-0.4, -0.2) is 30.6 Å². The number of anilines is 1. The van der Waals surface area contributed by atoms with E-state index in [1.165, 1.54) is 30.4 Å². The predicted molar refractivity (Wildman–Crippen MR) is 88.8 cm³/mol. The van der Waals surface area contributed by atoms with Crippen molar-refractivity contribution in [2.75, 3.05) is 5.32 Å². The van der Waals surface area contributed by atoms with Crippen LogP contribution in [0.1, 0.15) is 25.3 Å². The van der Waals surface area contributed by atoms with E-state index in [1.54, 1.807) is 18.2 Å². The minimum Gasteiger partial charge on any atom is -0.299 e. The van der Waals surface area contributed by atoms with Crippen molar-refractivity contribution in [1.29, 1.82) is 0 Å². The van der Waals surface area contributed by atoms with Crippen molar-refractivity contribution in [3.8, 4) is 0 Å². The van der Waals surface area contributed by atoms with Crippen LogP contribution in [0, 0.1) is 0 Å². The Kier molecular flexibility index (Phi) is 5.80. The molecule has 0 aliphatic rings. The summed E-state index contributed by atoms with van der Waals surface area (Å²) in [5.74, 6) is -0.483. The number of carbonyl (C=O) groups excluding carboxylic acids is 1. The van der Waals surface area contributed by atoms with Crippen molar-refractivity contribution in [2.24, 2.45) is 0 Å². The number of rotatable bonds is 7. The van der Waals surface area contributed by atoms with Gasteiger partial charge in [0.05, 0.1) is 10.9 Å². The van der Waals surface area contributed by atoms with Gasteiger partial charge in [-0.1, -0.05) is 36.5 Å². The lowest BCUT2D eigenvalue weighted by Gasteiger charge is -2.13. The van der Waals surface area contributed by atoms with Gasteiger partial charge >= 0.3 is 0 Å². The highest BCUT2D eigenvalue weighted by Gasteiger charge is 2.22. The summed E-state index contributed by atoms with van der Waals surface area (Å²) in [5.41, 5.74) is 0. The Labute approximate surface area is 139 Å². The van der Waals surface area contributed by atoms with E-state index in [0.717, 1.165) is 17.8 Å². The highest BCUT2D eigenvalue weighted by molar-refractivity contribution is 7.89. The molecule has 9 heteroatoms. The second-order valence-corrected chi connectivity index (χ2v) is 7.67. The first-order valence-electron chi connectivity index (χ1n) is 7.13. The van der Waals surface area contributed by atoms with Crippen molar-refractivity contribution in [3.63, 3.8) is 0 Å². The fourth-order valence-electron chi connectivity index (χ4n) is 1.79. The molecule has 2 N–H and O–H groups in total. The SMILES string of the molecule is CCCc1nnc(NC(=O)[C@H](C)NS(=O)(=O)c2ccccc2)s1. The normalized spacial score (nSPS) is 12.8. The van der Waals surface area contributed by atoms with Crippen LogP contribution in [0.15, 0.2) is 35.2 Å². The largest absolute Gasteiger partial charge is 0.299 e. The molecule has 1 atom stereocenters. The van der Waals surface area contributed by atoms with Gasteiger partial charge in [0.15, 0.2) is 0 Å². The Bertz CT molecular complexity index is 759. The van der Waals surface area contributed by atoms with Crippen LogP contribution < -0.4 is 10.0 Å². The van der Waals surface area contributed by atoms with Gasteiger partial charge < -0.3 is 0 Å². The van der Waals surface area contributed by atoms with Gasteiger partial charge in [-0.2, -0.15) is 4.72 Å². The zero-order valence-electron chi connectivity index (χ0n) is 12.8. The van der Waals surface area contributed by atoms with Gasteiger partial charge in [-0.25, -0.2) is 8.42 Å². The van der Waals surface area contributed by atoms with E-state index in [2.05, 4.69) is 20.2 Å². The van der Waals surface area contributed by atoms with Crippen molar-refractivity contribution in [1.82, 2.24) is 14.9 Å². The second kappa shape index (κ2) is 7.62. The average molecular weight is 354 g/mol. The number of amides is 1. The molecule has 0 spiro atoms. The third kappa shape index (κ3) is 4.81. The molecule has 23 heavy (non-hydrogen) atoms. The lowest BCUT2D eigenvalue weighted by atomic mass is 10.3. The van der Waals surface area contributed by atoms with Crippen LogP contribution in [0.25, 0.3) is 0 Å². The highest BCUT2D eigenvalue weighted by atomic mass is 32.2. The van der Waals surface area contributed by atoms with Gasteiger partial charge in [-0.05, 0) is 25.5 Å².